The lowest BCUT2D eigenvalue weighted by Crippen LogP contribution is -2.15. The van der Waals surface area contributed by atoms with Gasteiger partial charge in [-0.15, -0.1) is 11.8 Å². The van der Waals surface area contributed by atoms with Gasteiger partial charge < -0.3 is 9.88 Å². The second-order valence-electron chi connectivity index (χ2n) is 3.77. The summed E-state index contributed by atoms with van der Waals surface area (Å²) in [6.07, 6.45) is 3.55. The van der Waals surface area contributed by atoms with E-state index >= 15 is 0 Å². The van der Waals surface area contributed by atoms with Gasteiger partial charge in [0.2, 0.25) is 0 Å². The molecule has 7 heteroatoms. The van der Waals surface area contributed by atoms with E-state index in [0.29, 0.717) is 21.6 Å². The molecular weight excluding hydrogens is 305 g/mol. The Balaban J connectivity index is 2.18. The van der Waals surface area contributed by atoms with Crippen LogP contribution in [0.25, 0.3) is 0 Å². The van der Waals surface area contributed by atoms with Gasteiger partial charge in [-0.05, 0) is 24.5 Å². The Morgan fingerprint density at radius 3 is 2.63 bits per heavy atom. The van der Waals surface area contributed by atoms with Crippen molar-refractivity contribution in [3.63, 3.8) is 0 Å². The highest BCUT2D eigenvalue weighted by atomic mass is 35.5. The first-order valence-corrected chi connectivity index (χ1v) is 7.33. The minimum absolute atomic E-state index is 0.282. The fourth-order valence-electron chi connectivity index (χ4n) is 1.53. The maximum absolute atomic E-state index is 12.1. The van der Waals surface area contributed by atoms with E-state index < -0.39 is 0 Å². The van der Waals surface area contributed by atoms with Gasteiger partial charge in [0.1, 0.15) is 10.8 Å². The predicted molar refractivity (Wildman–Crippen MR) is 79.4 cm³/mol. The van der Waals surface area contributed by atoms with Gasteiger partial charge in [-0.1, -0.05) is 23.2 Å². The van der Waals surface area contributed by atoms with Gasteiger partial charge in [0, 0.05) is 7.05 Å². The molecule has 2 heterocycles. The molecule has 0 aromatic carbocycles. The number of anilines is 1. The molecule has 19 heavy (non-hydrogen) atoms. The van der Waals surface area contributed by atoms with E-state index in [1.54, 1.807) is 19.3 Å². The van der Waals surface area contributed by atoms with E-state index in [1.807, 2.05) is 12.3 Å². The third-order valence-corrected chi connectivity index (χ3v) is 4.05. The van der Waals surface area contributed by atoms with Crippen molar-refractivity contribution in [3.05, 3.63) is 40.3 Å². The van der Waals surface area contributed by atoms with Crippen molar-refractivity contribution in [1.29, 1.82) is 0 Å². The molecule has 0 atom stereocenters. The Hall–Kier alpha value is -1.17. The number of amides is 1. The van der Waals surface area contributed by atoms with Crippen molar-refractivity contribution in [1.82, 2.24) is 9.55 Å². The predicted octanol–water partition coefficient (Wildman–Crippen LogP) is 3.70. The summed E-state index contributed by atoms with van der Waals surface area (Å²) in [5, 5.41) is 4.32. The number of aromatic nitrogens is 2. The summed E-state index contributed by atoms with van der Waals surface area (Å²) in [5.74, 6) is -0.282. The Morgan fingerprint density at radius 2 is 2.16 bits per heavy atom. The average Bonchev–Trinajstić information content (AvgIpc) is 2.67. The van der Waals surface area contributed by atoms with E-state index in [-0.39, 0.29) is 5.91 Å². The molecule has 0 radical (unpaired) electrons. The molecule has 1 amide bonds. The molecule has 2 rings (SSSR count). The highest BCUT2D eigenvalue weighted by Gasteiger charge is 2.15. The number of hydrogen-bond acceptors (Lipinski definition) is 3. The van der Waals surface area contributed by atoms with Crippen LogP contribution in [0.3, 0.4) is 0 Å². The van der Waals surface area contributed by atoms with Crippen LogP contribution in [-0.4, -0.2) is 21.7 Å². The van der Waals surface area contributed by atoms with Gasteiger partial charge >= 0.3 is 0 Å². The summed E-state index contributed by atoms with van der Waals surface area (Å²) >= 11 is 13.3. The number of halogens is 2. The lowest BCUT2D eigenvalue weighted by atomic mass is 10.3. The Morgan fingerprint density at radius 1 is 1.42 bits per heavy atom. The van der Waals surface area contributed by atoms with E-state index in [0.717, 1.165) is 5.03 Å². The Kier molecular flexibility index (Phi) is 4.39. The Labute approximate surface area is 125 Å². The second kappa shape index (κ2) is 5.86. The largest absolute Gasteiger partial charge is 0.329 e. The third-order valence-electron chi connectivity index (χ3n) is 2.55. The first kappa shape index (κ1) is 14.2. The van der Waals surface area contributed by atoms with Gasteiger partial charge in [0.25, 0.3) is 5.91 Å². The summed E-state index contributed by atoms with van der Waals surface area (Å²) in [4.78, 5) is 16.3. The van der Waals surface area contributed by atoms with Crippen molar-refractivity contribution in [2.75, 3.05) is 11.6 Å². The standard InChI is InChI=1S/C12H11Cl2N3OS/c1-17-9(5-8(13)11(17)14)12(18)16-7-3-4-10(19-2)15-6-7/h3-6H,1-2H3,(H,16,18). The van der Waals surface area contributed by atoms with Crippen molar-refractivity contribution in [2.24, 2.45) is 7.05 Å². The monoisotopic (exact) mass is 315 g/mol. The summed E-state index contributed by atoms with van der Waals surface area (Å²) in [6.45, 7) is 0. The minimum atomic E-state index is -0.282. The first-order chi connectivity index (χ1) is 9.02. The van der Waals surface area contributed by atoms with Gasteiger partial charge in [0.05, 0.1) is 21.9 Å². The number of nitrogens with one attached hydrogen (secondary N) is 1. The first-order valence-electron chi connectivity index (χ1n) is 5.35. The molecule has 2 aromatic heterocycles. The number of rotatable bonds is 3. The second-order valence-corrected chi connectivity index (χ2v) is 5.36. The van der Waals surface area contributed by atoms with E-state index in [9.17, 15) is 4.79 Å². The maximum Gasteiger partial charge on any atom is 0.272 e. The van der Waals surface area contributed by atoms with Crippen LogP contribution in [0.2, 0.25) is 10.2 Å². The van der Waals surface area contributed by atoms with Crippen molar-refractivity contribution >= 4 is 46.6 Å². The fourth-order valence-corrected chi connectivity index (χ4v) is 2.27. The molecule has 0 unspecified atom stereocenters. The molecule has 4 nitrogen and oxygen atoms in total. The molecule has 100 valence electrons. The normalized spacial score (nSPS) is 10.5. The molecule has 1 N–H and O–H groups in total. The molecule has 0 aliphatic rings. The SMILES string of the molecule is CSc1ccc(NC(=O)c2cc(Cl)c(Cl)n2C)cn1. The summed E-state index contributed by atoms with van der Waals surface area (Å²) in [7, 11) is 1.68. The lowest BCUT2D eigenvalue weighted by molar-refractivity contribution is 0.101. The number of nitrogens with zero attached hydrogens (tertiary/aromatic N) is 2. The maximum atomic E-state index is 12.1. The number of hydrogen-bond donors (Lipinski definition) is 1. The highest BCUT2D eigenvalue weighted by Crippen LogP contribution is 2.25. The van der Waals surface area contributed by atoms with Crippen LogP contribution in [0.5, 0.6) is 0 Å². The molecule has 0 bridgehead atoms. The van der Waals surface area contributed by atoms with E-state index in [1.165, 1.54) is 22.4 Å². The summed E-state index contributed by atoms with van der Waals surface area (Å²) < 4.78 is 1.53. The smallest absolute Gasteiger partial charge is 0.272 e. The quantitative estimate of drug-likeness (QED) is 0.878. The molecular formula is C12H11Cl2N3OS. The van der Waals surface area contributed by atoms with Crippen molar-refractivity contribution in [2.45, 2.75) is 5.03 Å². The van der Waals surface area contributed by atoms with Crippen LogP contribution < -0.4 is 5.32 Å². The number of pyridine rings is 1. The van der Waals surface area contributed by atoms with Crippen LogP contribution in [0.1, 0.15) is 10.5 Å². The lowest BCUT2D eigenvalue weighted by Gasteiger charge is -2.06. The van der Waals surface area contributed by atoms with Gasteiger partial charge in [-0.2, -0.15) is 0 Å². The van der Waals surface area contributed by atoms with E-state index in [2.05, 4.69) is 10.3 Å². The zero-order valence-electron chi connectivity index (χ0n) is 10.3. The minimum Gasteiger partial charge on any atom is -0.329 e. The number of carbonyl (C=O) groups is 1. The zero-order chi connectivity index (χ0) is 14.0. The summed E-state index contributed by atoms with van der Waals surface area (Å²) in [5.41, 5.74) is 1.01. The van der Waals surface area contributed by atoms with Gasteiger partial charge in [-0.3, -0.25) is 4.79 Å². The molecule has 0 fully saturated rings. The van der Waals surface area contributed by atoms with Gasteiger partial charge in [0.15, 0.2) is 0 Å². The van der Waals surface area contributed by atoms with Crippen molar-refractivity contribution in [3.8, 4) is 0 Å². The number of thioether (sulfide) groups is 1. The fraction of sp³-hybridized carbons (Fsp3) is 0.167. The molecule has 0 saturated carbocycles. The van der Waals surface area contributed by atoms with Crippen LogP contribution in [0, 0.1) is 0 Å². The van der Waals surface area contributed by atoms with Crippen molar-refractivity contribution < 1.29 is 4.79 Å². The van der Waals surface area contributed by atoms with Crippen LogP contribution in [-0.2, 0) is 7.05 Å². The van der Waals surface area contributed by atoms with Crippen LogP contribution in [0.4, 0.5) is 5.69 Å². The highest BCUT2D eigenvalue weighted by molar-refractivity contribution is 7.98. The zero-order valence-corrected chi connectivity index (χ0v) is 12.6. The molecule has 0 spiro atoms. The van der Waals surface area contributed by atoms with Gasteiger partial charge in [-0.25, -0.2) is 4.98 Å². The average molecular weight is 316 g/mol. The Bertz CT molecular complexity index is 610. The molecule has 2 aromatic rings. The molecule has 0 saturated heterocycles. The van der Waals surface area contributed by atoms with Crippen LogP contribution in [0.15, 0.2) is 29.4 Å². The van der Waals surface area contributed by atoms with Crippen LogP contribution >= 0.6 is 35.0 Å². The number of carbonyl (C=O) groups excluding carboxylic acids is 1. The molecule has 0 aliphatic heterocycles. The molecule has 0 aliphatic carbocycles. The van der Waals surface area contributed by atoms with E-state index in [4.69, 9.17) is 23.2 Å². The third kappa shape index (κ3) is 3.05. The summed E-state index contributed by atoms with van der Waals surface area (Å²) in [6, 6.07) is 5.16. The topological polar surface area (TPSA) is 46.9 Å².